The Bertz CT molecular complexity index is 1190. The summed E-state index contributed by atoms with van der Waals surface area (Å²) in [5.41, 5.74) is 3.64. The van der Waals surface area contributed by atoms with Gasteiger partial charge < -0.3 is 15.7 Å². The van der Waals surface area contributed by atoms with Crippen molar-refractivity contribution in [3.63, 3.8) is 0 Å². The number of hydrogen-bond donors (Lipinski definition) is 3. The predicted octanol–water partition coefficient (Wildman–Crippen LogP) is 3.97. The maximum atomic E-state index is 12.2. The quantitative estimate of drug-likeness (QED) is 0.414. The lowest BCUT2D eigenvalue weighted by atomic mass is 10.1. The monoisotopic (exact) mass is 417 g/mol. The number of nitrogens with one attached hydrogen (secondary N) is 2. The second kappa shape index (κ2) is 8.75. The lowest BCUT2D eigenvalue weighted by Crippen LogP contribution is -2.33. The number of nitrogens with zero attached hydrogens (tertiary/aromatic N) is 1. The molecular weight excluding hydrogens is 398 g/mol. The topological polar surface area (TPSA) is 91.3 Å². The number of benzene rings is 3. The van der Waals surface area contributed by atoms with E-state index in [0.717, 1.165) is 21.3 Å². The molecule has 0 bridgehead atoms. The molecule has 0 aliphatic rings. The van der Waals surface area contributed by atoms with Gasteiger partial charge in [0.25, 0.3) is 0 Å². The Morgan fingerprint density at radius 3 is 2.43 bits per heavy atom. The molecule has 6 nitrogen and oxygen atoms in total. The van der Waals surface area contributed by atoms with Gasteiger partial charge in [0.1, 0.15) is 10.8 Å². The van der Waals surface area contributed by atoms with Crippen LogP contribution in [0.3, 0.4) is 0 Å². The zero-order chi connectivity index (χ0) is 20.9. The van der Waals surface area contributed by atoms with Crippen LogP contribution in [0.1, 0.15) is 5.01 Å². The summed E-state index contributed by atoms with van der Waals surface area (Å²) in [5, 5.41) is 15.2. The maximum Gasteiger partial charge on any atom is 0.243 e. The highest BCUT2D eigenvalue weighted by Crippen LogP contribution is 2.28. The van der Waals surface area contributed by atoms with Crippen LogP contribution in [-0.2, 0) is 16.0 Å². The van der Waals surface area contributed by atoms with E-state index in [0.29, 0.717) is 10.7 Å². The van der Waals surface area contributed by atoms with Crippen LogP contribution >= 0.6 is 11.3 Å². The van der Waals surface area contributed by atoms with Crippen molar-refractivity contribution >= 4 is 39.1 Å². The average molecular weight is 417 g/mol. The summed E-state index contributed by atoms with van der Waals surface area (Å²) in [6, 6.07) is 22.3. The molecule has 0 saturated heterocycles. The van der Waals surface area contributed by atoms with Gasteiger partial charge in [0, 0.05) is 5.69 Å². The number of rotatable bonds is 6. The number of anilines is 1. The Balaban J connectivity index is 1.34. The molecule has 4 aromatic rings. The van der Waals surface area contributed by atoms with Crippen molar-refractivity contribution in [3.05, 3.63) is 77.8 Å². The minimum atomic E-state index is -0.342. The van der Waals surface area contributed by atoms with Gasteiger partial charge in [0.2, 0.25) is 11.8 Å². The van der Waals surface area contributed by atoms with Crippen LogP contribution in [0.5, 0.6) is 5.75 Å². The van der Waals surface area contributed by atoms with Gasteiger partial charge in [0.05, 0.1) is 23.2 Å². The minimum absolute atomic E-state index is 0.118. The number of thiazole rings is 1. The van der Waals surface area contributed by atoms with E-state index in [-0.39, 0.29) is 30.5 Å². The number of aromatic hydroxyl groups is 1. The molecule has 0 aliphatic carbocycles. The van der Waals surface area contributed by atoms with Gasteiger partial charge in [-0.15, -0.1) is 11.3 Å². The highest BCUT2D eigenvalue weighted by atomic mass is 32.1. The first kappa shape index (κ1) is 19.6. The Morgan fingerprint density at radius 2 is 1.67 bits per heavy atom. The molecule has 2 amide bonds. The summed E-state index contributed by atoms with van der Waals surface area (Å²) >= 11 is 1.48. The van der Waals surface area contributed by atoms with Crippen molar-refractivity contribution in [2.75, 3.05) is 11.9 Å². The number of carbonyl (C=O) groups is 2. The van der Waals surface area contributed by atoms with E-state index in [9.17, 15) is 14.7 Å². The van der Waals surface area contributed by atoms with Gasteiger partial charge in [0.15, 0.2) is 0 Å². The van der Waals surface area contributed by atoms with E-state index in [1.54, 1.807) is 12.1 Å². The number of carbonyl (C=O) groups excluding carboxylic acids is 2. The van der Waals surface area contributed by atoms with Gasteiger partial charge in [-0.25, -0.2) is 4.98 Å². The third kappa shape index (κ3) is 4.82. The summed E-state index contributed by atoms with van der Waals surface area (Å²) in [6.07, 6.45) is 0.118. The molecule has 150 valence electrons. The third-order valence-corrected chi connectivity index (χ3v) is 5.47. The Hall–Kier alpha value is -3.71. The van der Waals surface area contributed by atoms with Crippen LogP contribution in [0.25, 0.3) is 21.3 Å². The molecule has 4 rings (SSSR count). The zero-order valence-corrected chi connectivity index (χ0v) is 16.8. The molecule has 30 heavy (non-hydrogen) atoms. The number of phenols is 1. The molecule has 1 heterocycles. The molecule has 0 radical (unpaired) electrons. The summed E-state index contributed by atoms with van der Waals surface area (Å²) in [7, 11) is 0. The van der Waals surface area contributed by atoms with E-state index in [1.165, 1.54) is 23.5 Å². The van der Waals surface area contributed by atoms with Crippen LogP contribution < -0.4 is 10.6 Å². The first-order valence-corrected chi connectivity index (χ1v) is 10.2. The maximum absolute atomic E-state index is 12.2. The van der Waals surface area contributed by atoms with Gasteiger partial charge in [-0.1, -0.05) is 36.4 Å². The van der Waals surface area contributed by atoms with Gasteiger partial charge in [-0.3, -0.25) is 9.59 Å². The van der Waals surface area contributed by atoms with E-state index < -0.39 is 0 Å². The fraction of sp³-hybridized carbons (Fsp3) is 0.0870. The number of aromatic nitrogens is 1. The predicted molar refractivity (Wildman–Crippen MR) is 119 cm³/mol. The summed E-state index contributed by atoms with van der Waals surface area (Å²) in [4.78, 5) is 28.7. The summed E-state index contributed by atoms with van der Waals surface area (Å²) < 4.78 is 1.02. The normalized spacial score (nSPS) is 10.7. The van der Waals surface area contributed by atoms with E-state index in [4.69, 9.17) is 0 Å². The van der Waals surface area contributed by atoms with Gasteiger partial charge in [-0.2, -0.15) is 0 Å². The molecule has 3 N–H and O–H groups in total. The molecule has 7 heteroatoms. The molecule has 1 aromatic heterocycles. The molecular formula is C23H19N3O3S. The Labute approximate surface area is 177 Å². The van der Waals surface area contributed by atoms with Crippen molar-refractivity contribution in [2.45, 2.75) is 6.42 Å². The van der Waals surface area contributed by atoms with Gasteiger partial charge >= 0.3 is 0 Å². The second-order valence-corrected chi connectivity index (χ2v) is 7.82. The fourth-order valence-electron chi connectivity index (χ4n) is 2.99. The molecule has 3 aromatic carbocycles. The fourth-order valence-corrected chi connectivity index (χ4v) is 3.99. The number of hydrogen-bond acceptors (Lipinski definition) is 5. The largest absolute Gasteiger partial charge is 0.508 e. The first-order chi connectivity index (χ1) is 14.6. The smallest absolute Gasteiger partial charge is 0.243 e. The highest BCUT2D eigenvalue weighted by molar-refractivity contribution is 7.18. The van der Waals surface area contributed by atoms with Crippen molar-refractivity contribution in [2.24, 2.45) is 0 Å². The molecule has 0 spiro atoms. The Kier molecular flexibility index (Phi) is 5.72. The second-order valence-electron chi connectivity index (χ2n) is 6.70. The van der Waals surface area contributed by atoms with Gasteiger partial charge in [-0.05, 0) is 47.5 Å². The van der Waals surface area contributed by atoms with Crippen molar-refractivity contribution in [3.8, 4) is 16.9 Å². The molecule has 0 unspecified atom stereocenters. The lowest BCUT2D eigenvalue weighted by molar-refractivity contribution is -0.123. The number of amides is 2. The standard InChI is InChI=1S/C23H19N3O3S/c27-18-9-7-17(8-10-18)25-22(29)14-24-21(28)13-23-26-19-11-6-16(12-20(19)30-23)15-4-2-1-3-5-15/h1-12,27H,13-14H2,(H,24,28)(H,25,29). The Morgan fingerprint density at radius 1 is 0.900 bits per heavy atom. The highest BCUT2D eigenvalue weighted by Gasteiger charge is 2.11. The minimum Gasteiger partial charge on any atom is -0.508 e. The van der Waals surface area contributed by atoms with Crippen LogP contribution in [0.4, 0.5) is 5.69 Å². The van der Waals surface area contributed by atoms with E-state index >= 15 is 0 Å². The zero-order valence-electron chi connectivity index (χ0n) is 16.0. The van der Waals surface area contributed by atoms with Crippen molar-refractivity contribution in [1.82, 2.24) is 10.3 Å². The average Bonchev–Trinajstić information content (AvgIpc) is 3.16. The molecule has 0 fully saturated rings. The van der Waals surface area contributed by atoms with Crippen molar-refractivity contribution < 1.29 is 14.7 Å². The molecule has 0 atom stereocenters. The number of phenolic OH excluding ortho intramolecular Hbond substituents is 1. The SMILES string of the molecule is O=C(Cc1nc2ccc(-c3ccccc3)cc2s1)NCC(=O)Nc1ccc(O)cc1. The van der Waals surface area contributed by atoms with E-state index in [1.807, 2.05) is 30.3 Å². The van der Waals surface area contributed by atoms with Crippen LogP contribution in [0, 0.1) is 0 Å². The first-order valence-electron chi connectivity index (χ1n) is 9.37. The third-order valence-electron chi connectivity index (χ3n) is 4.45. The summed E-state index contributed by atoms with van der Waals surface area (Å²) in [5.74, 6) is -0.489. The van der Waals surface area contributed by atoms with Crippen LogP contribution in [0.2, 0.25) is 0 Å². The van der Waals surface area contributed by atoms with E-state index in [2.05, 4.69) is 33.8 Å². The van der Waals surface area contributed by atoms with Crippen molar-refractivity contribution in [1.29, 1.82) is 0 Å². The van der Waals surface area contributed by atoms with Crippen LogP contribution in [-0.4, -0.2) is 28.4 Å². The number of fused-ring (bicyclic) bond motifs is 1. The molecule has 0 aliphatic heterocycles. The lowest BCUT2D eigenvalue weighted by Gasteiger charge is -2.06. The molecule has 0 saturated carbocycles. The van der Waals surface area contributed by atoms with Crippen LogP contribution in [0.15, 0.2) is 72.8 Å². The summed E-state index contributed by atoms with van der Waals surface area (Å²) in [6.45, 7) is -0.136.